The van der Waals surface area contributed by atoms with Crippen LogP contribution in [0.1, 0.15) is 30.7 Å². The molecule has 0 spiro atoms. The molecule has 2 rings (SSSR count). The van der Waals surface area contributed by atoms with Crippen LogP contribution in [0.2, 0.25) is 0 Å². The Kier molecular flexibility index (Phi) is 6.02. The Balaban J connectivity index is 1.79. The van der Waals surface area contributed by atoms with Gasteiger partial charge in [-0.05, 0) is 36.2 Å². The second kappa shape index (κ2) is 8.00. The Labute approximate surface area is 133 Å². The molecule has 0 bridgehead atoms. The van der Waals surface area contributed by atoms with Gasteiger partial charge in [-0.3, -0.25) is 4.79 Å². The van der Waals surface area contributed by atoms with Crippen LogP contribution in [0.5, 0.6) is 0 Å². The molecule has 4 nitrogen and oxygen atoms in total. The molecular weight excluding hydrogens is 332 g/mol. The molecule has 2 aromatic rings. The number of furan rings is 1. The van der Waals surface area contributed by atoms with Gasteiger partial charge in [0, 0.05) is 10.5 Å². The first-order valence-electron chi connectivity index (χ1n) is 6.97. The molecule has 0 fully saturated rings. The third-order valence-electron chi connectivity index (χ3n) is 3.23. The van der Waals surface area contributed by atoms with Crippen molar-refractivity contribution in [3.8, 4) is 0 Å². The summed E-state index contributed by atoms with van der Waals surface area (Å²) >= 11 is 3.42. The van der Waals surface area contributed by atoms with Crippen molar-refractivity contribution in [1.82, 2.24) is 10.6 Å². The molecule has 1 unspecified atom stereocenters. The van der Waals surface area contributed by atoms with Crippen LogP contribution in [-0.2, 0) is 11.3 Å². The summed E-state index contributed by atoms with van der Waals surface area (Å²) in [6.45, 7) is 2.80. The van der Waals surface area contributed by atoms with Crippen LogP contribution >= 0.6 is 15.9 Å². The van der Waals surface area contributed by atoms with Gasteiger partial charge in [0.25, 0.3) is 0 Å². The minimum atomic E-state index is -0.0399. The maximum atomic E-state index is 11.8. The molecule has 0 saturated carbocycles. The Morgan fingerprint density at radius 3 is 2.67 bits per heavy atom. The number of carbonyl (C=O) groups excluding carboxylic acids is 1. The summed E-state index contributed by atoms with van der Waals surface area (Å²) in [5, 5.41) is 6.10. The summed E-state index contributed by atoms with van der Waals surface area (Å²) in [5.41, 5.74) is 1.18. The first-order chi connectivity index (χ1) is 10.2. The summed E-state index contributed by atoms with van der Waals surface area (Å²) in [5.74, 6) is 0.713. The summed E-state index contributed by atoms with van der Waals surface area (Å²) < 4.78 is 6.22. The fraction of sp³-hybridized carbons (Fsp3) is 0.312. The highest BCUT2D eigenvalue weighted by Gasteiger charge is 2.10. The molecule has 0 aliphatic heterocycles. The Bertz CT molecular complexity index is 552. The van der Waals surface area contributed by atoms with E-state index >= 15 is 0 Å². The zero-order chi connectivity index (χ0) is 15.1. The van der Waals surface area contributed by atoms with E-state index in [9.17, 15) is 4.79 Å². The van der Waals surface area contributed by atoms with Crippen molar-refractivity contribution in [2.75, 3.05) is 6.54 Å². The lowest BCUT2D eigenvalue weighted by Gasteiger charge is -2.17. The fourth-order valence-electron chi connectivity index (χ4n) is 2.07. The molecule has 1 aromatic carbocycles. The summed E-state index contributed by atoms with van der Waals surface area (Å²) in [6, 6.07) is 12.0. The van der Waals surface area contributed by atoms with Crippen LogP contribution < -0.4 is 10.6 Å². The van der Waals surface area contributed by atoms with Crippen molar-refractivity contribution in [1.29, 1.82) is 0 Å². The van der Waals surface area contributed by atoms with Crippen LogP contribution in [0.3, 0.4) is 0 Å². The predicted octanol–water partition coefficient (Wildman–Crippen LogP) is 3.40. The van der Waals surface area contributed by atoms with E-state index in [0.717, 1.165) is 16.7 Å². The van der Waals surface area contributed by atoms with E-state index in [1.165, 1.54) is 5.56 Å². The molecule has 21 heavy (non-hydrogen) atoms. The second-order valence-electron chi connectivity index (χ2n) is 4.75. The molecule has 5 heteroatoms. The van der Waals surface area contributed by atoms with Gasteiger partial charge in [0.2, 0.25) is 5.91 Å². The molecule has 1 aromatic heterocycles. The minimum Gasteiger partial charge on any atom is -0.467 e. The number of benzene rings is 1. The summed E-state index contributed by atoms with van der Waals surface area (Å²) in [7, 11) is 0. The molecule has 1 atom stereocenters. The van der Waals surface area contributed by atoms with Crippen molar-refractivity contribution in [2.45, 2.75) is 25.9 Å². The highest BCUT2D eigenvalue weighted by Crippen LogP contribution is 2.19. The molecule has 0 radical (unpaired) electrons. The van der Waals surface area contributed by atoms with E-state index in [2.05, 4.69) is 45.6 Å². The second-order valence-corrected chi connectivity index (χ2v) is 5.67. The number of rotatable bonds is 7. The van der Waals surface area contributed by atoms with E-state index < -0.39 is 0 Å². The number of hydrogen-bond acceptors (Lipinski definition) is 3. The van der Waals surface area contributed by atoms with Gasteiger partial charge < -0.3 is 15.1 Å². The standard InChI is InChI=1S/C16H19BrN2O2/c1-2-15(12-5-7-13(17)8-6-12)18-11-16(20)19-10-14-4-3-9-21-14/h3-9,15,18H,2,10-11H2,1H3,(H,19,20). The first kappa shape index (κ1) is 15.8. The van der Waals surface area contributed by atoms with Crippen LogP contribution in [0.25, 0.3) is 0 Å². The lowest BCUT2D eigenvalue weighted by atomic mass is 10.0. The molecule has 1 heterocycles. The smallest absolute Gasteiger partial charge is 0.234 e. The van der Waals surface area contributed by atoms with Gasteiger partial charge in [0.15, 0.2) is 0 Å². The molecular formula is C16H19BrN2O2. The van der Waals surface area contributed by atoms with Crippen LogP contribution in [0.15, 0.2) is 51.6 Å². The van der Waals surface area contributed by atoms with Crippen LogP contribution in [0.4, 0.5) is 0 Å². The van der Waals surface area contributed by atoms with Gasteiger partial charge in [-0.25, -0.2) is 0 Å². The zero-order valence-electron chi connectivity index (χ0n) is 11.9. The minimum absolute atomic E-state index is 0.0399. The third kappa shape index (κ3) is 5.02. The normalized spacial score (nSPS) is 12.1. The lowest BCUT2D eigenvalue weighted by Crippen LogP contribution is -2.35. The number of halogens is 1. The third-order valence-corrected chi connectivity index (χ3v) is 3.76. The first-order valence-corrected chi connectivity index (χ1v) is 7.76. The predicted molar refractivity (Wildman–Crippen MR) is 85.7 cm³/mol. The van der Waals surface area contributed by atoms with Gasteiger partial charge >= 0.3 is 0 Å². The van der Waals surface area contributed by atoms with Gasteiger partial charge in [-0.1, -0.05) is 35.0 Å². The van der Waals surface area contributed by atoms with Crippen LogP contribution in [0, 0.1) is 0 Å². The average molecular weight is 351 g/mol. The number of amides is 1. The van der Waals surface area contributed by atoms with E-state index in [1.54, 1.807) is 12.3 Å². The quantitative estimate of drug-likeness (QED) is 0.804. The number of hydrogen-bond donors (Lipinski definition) is 2. The van der Waals surface area contributed by atoms with E-state index in [-0.39, 0.29) is 18.5 Å². The number of nitrogens with one attached hydrogen (secondary N) is 2. The van der Waals surface area contributed by atoms with E-state index in [1.807, 2.05) is 18.2 Å². The summed E-state index contributed by atoms with van der Waals surface area (Å²) in [6.07, 6.45) is 2.52. The fourth-order valence-corrected chi connectivity index (χ4v) is 2.33. The Morgan fingerprint density at radius 2 is 2.05 bits per heavy atom. The highest BCUT2D eigenvalue weighted by atomic mass is 79.9. The van der Waals surface area contributed by atoms with Gasteiger partial charge in [0.05, 0.1) is 19.4 Å². The maximum absolute atomic E-state index is 11.8. The monoisotopic (exact) mass is 350 g/mol. The summed E-state index contributed by atoms with van der Waals surface area (Å²) in [4.78, 5) is 11.8. The lowest BCUT2D eigenvalue weighted by molar-refractivity contribution is -0.120. The highest BCUT2D eigenvalue weighted by molar-refractivity contribution is 9.10. The molecule has 2 N–H and O–H groups in total. The maximum Gasteiger partial charge on any atom is 0.234 e. The van der Waals surface area contributed by atoms with Crippen molar-refractivity contribution in [3.05, 3.63) is 58.5 Å². The van der Waals surface area contributed by atoms with Gasteiger partial charge in [-0.2, -0.15) is 0 Å². The van der Waals surface area contributed by atoms with Crippen molar-refractivity contribution >= 4 is 21.8 Å². The Hall–Kier alpha value is -1.59. The average Bonchev–Trinajstić information content (AvgIpc) is 3.01. The van der Waals surface area contributed by atoms with Crippen molar-refractivity contribution < 1.29 is 9.21 Å². The molecule has 1 amide bonds. The van der Waals surface area contributed by atoms with Crippen molar-refractivity contribution in [3.63, 3.8) is 0 Å². The molecule has 0 aliphatic carbocycles. The van der Waals surface area contributed by atoms with Crippen LogP contribution in [-0.4, -0.2) is 12.5 Å². The zero-order valence-corrected chi connectivity index (χ0v) is 13.5. The molecule has 112 valence electrons. The van der Waals surface area contributed by atoms with Crippen molar-refractivity contribution in [2.24, 2.45) is 0 Å². The van der Waals surface area contributed by atoms with Gasteiger partial charge in [0.1, 0.15) is 5.76 Å². The molecule has 0 aliphatic rings. The SMILES string of the molecule is CCC(NCC(=O)NCc1ccco1)c1ccc(Br)cc1. The topological polar surface area (TPSA) is 54.3 Å². The largest absolute Gasteiger partial charge is 0.467 e. The van der Waals surface area contributed by atoms with E-state index in [0.29, 0.717) is 6.54 Å². The molecule has 0 saturated heterocycles. The van der Waals surface area contributed by atoms with Gasteiger partial charge in [-0.15, -0.1) is 0 Å². The Morgan fingerprint density at radius 1 is 1.29 bits per heavy atom. The number of carbonyl (C=O) groups is 1. The van der Waals surface area contributed by atoms with E-state index in [4.69, 9.17) is 4.42 Å².